The van der Waals surface area contributed by atoms with E-state index in [9.17, 15) is 14.9 Å². The number of nitrogen functional groups attached to an aromatic ring is 1. The Kier molecular flexibility index (Phi) is 5.41. The molecule has 4 N–H and O–H groups in total. The molecule has 0 aliphatic rings. The number of aromatic nitrogens is 2. The van der Waals surface area contributed by atoms with Crippen LogP contribution in [0.3, 0.4) is 0 Å². The summed E-state index contributed by atoms with van der Waals surface area (Å²) in [5, 5.41) is 16.1. The van der Waals surface area contributed by atoms with E-state index in [0.717, 1.165) is 10.7 Å². The summed E-state index contributed by atoms with van der Waals surface area (Å²) in [6.45, 7) is 0.675. The number of nitrogens with one attached hydrogen (secondary N) is 2. The van der Waals surface area contributed by atoms with Gasteiger partial charge < -0.3 is 16.4 Å². The number of carbonyl (C=O) groups is 1. The van der Waals surface area contributed by atoms with E-state index in [1.807, 2.05) is 0 Å². The molecule has 2 aromatic rings. The van der Waals surface area contributed by atoms with Crippen LogP contribution in [0, 0.1) is 10.1 Å². The lowest BCUT2D eigenvalue weighted by molar-refractivity contribution is -0.384. The standard InChI is InChI=1S/C13H13BrN6O3/c14-9-3-1-8(2-4-9)12(21)16-5-6-17-13-18-7-10(20(22)23)11(15)19-13/h1-4,7H,5-6H2,(H,16,21)(H3,15,17,18,19). The topological polar surface area (TPSA) is 136 Å². The van der Waals surface area contributed by atoms with Crippen LogP contribution in [-0.4, -0.2) is 33.9 Å². The number of nitro groups is 1. The van der Waals surface area contributed by atoms with Crippen molar-refractivity contribution in [3.63, 3.8) is 0 Å². The Morgan fingerprint density at radius 2 is 2.00 bits per heavy atom. The summed E-state index contributed by atoms with van der Waals surface area (Å²) in [5.74, 6) is -0.263. The maximum atomic E-state index is 11.9. The number of benzene rings is 1. The average Bonchev–Trinajstić information content (AvgIpc) is 2.51. The van der Waals surface area contributed by atoms with Crippen LogP contribution in [0.25, 0.3) is 0 Å². The van der Waals surface area contributed by atoms with Crippen molar-refractivity contribution < 1.29 is 9.72 Å². The number of hydrogen-bond donors (Lipinski definition) is 3. The van der Waals surface area contributed by atoms with E-state index >= 15 is 0 Å². The second kappa shape index (κ2) is 7.49. The molecule has 0 aliphatic heterocycles. The van der Waals surface area contributed by atoms with Crippen LogP contribution in [0.2, 0.25) is 0 Å². The van der Waals surface area contributed by atoms with Crippen molar-refractivity contribution in [3.8, 4) is 0 Å². The van der Waals surface area contributed by atoms with Gasteiger partial charge in [0.05, 0.1) is 4.92 Å². The van der Waals surface area contributed by atoms with Crippen LogP contribution in [0.5, 0.6) is 0 Å². The molecule has 1 aromatic heterocycles. The maximum Gasteiger partial charge on any atom is 0.329 e. The minimum Gasteiger partial charge on any atom is -0.378 e. The van der Waals surface area contributed by atoms with Crippen LogP contribution < -0.4 is 16.4 Å². The summed E-state index contributed by atoms with van der Waals surface area (Å²) < 4.78 is 0.892. The molecule has 0 spiro atoms. The summed E-state index contributed by atoms with van der Waals surface area (Å²) in [6.07, 6.45) is 1.03. The molecule has 23 heavy (non-hydrogen) atoms. The number of amides is 1. The molecule has 0 radical (unpaired) electrons. The van der Waals surface area contributed by atoms with Crippen molar-refractivity contribution in [2.45, 2.75) is 0 Å². The predicted octanol–water partition coefficient (Wildman–Crippen LogP) is 1.57. The van der Waals surface area contributed by atoms with Gasteiger partial charge in [0, 0.05) is 23.1 Å². The zero-order valence-corrected chi connectivity index (χ0v) is 13.4. The van der Waals surface area contributed by atoms with Gasteiger partial charge in [-0.15, -0.1) is 0 Å². The number of anilines is 2. The Morgan fingerprint density at radius 1 is 1.30 bits per heavy atom. The lowest BCUT2D eigenvalue weighted by atomic mass is 10.2. The monoisotopic (exact) mass is 380 g/mol. The highest BCUT2D eigenvalue weighted by molar-refractivity contribution is 9.10. The van der Waals surface area contributed by atoms with Crippen LogP contribution in [0.15, 0.2) is 34.9 Å². The molecule has 0 atom stereocenters. The number of nitrogens with zero attached hydrogens (tertiary/aromatic N) is 3. The molecule has 10 heteroatoms. The van der Waals surface area contributed by atoms with Gasteiger partial charge in [-0.1, -0.05) is 15.9 Å². The highest BCUT2D eigenvalue weighted by atomic mass is 79.9. The molecule has 9 nitrogen and oxygen atoms in total. The second-order valence-corrected chi connectivity index (χ2v) is 5.33. The SMILES string of the molecule is Nc1nc(NCCNC(=O)c2ccc(Br)cc2)ncc1[N+](=O)[O-]. The van der Waals surface area contributed by atoms with Crippen molar-refractivity contribution in [1.29, 1.82) is 0 Å². The van der Waals surface area contributed by atoms with Crippen molar-refractivity contribution >= 4 is 39.3 Å². The molecular formula is C13H13BrN6O3. The largest absolute Gasteiger partial charge is 0.378 e. The van der Waals surface area contributed by atoms with Crippen LogP contribution in [0.1, 0.15) is 10.4 Å². The Hall–Kier alpha value is -2.75. The first-order valence-electron chi connectivity index (χ1n) is 6.52. The predicted molar refractivity (Wildman–Crippen MR) is 88.1 cm³/mol. The summed E-state index contributed by atoms with van der Waals surface area (Å²) in [6, 6.07) is 6.96. The van der Waals surface area contributed by atoms with Gasteiger partial charge in [-0.3, -0.25) is 14.9 Å². The van der Waals surface area contributed by atoms with Gasteiger partial charge in [-0.25, -0.2) is 4.98 Å². The van der Waals surface area contributed by atoms with Gasteiger partial charge in [-0.2, -0.15) is 4.98 Å². The van der Waals surface area contributed by atoms with E-state index in [1.165, 1.54) is 0 Å². The van der Waals surface area contributed by atoms with Crippen LogP contribution in [-0.2, 0) is 0 Å². The Balaban J connectivity index is 1.81. The second-order valence-electron chi connectivity index (χ2n) is 4.41. The summed E-state index contributed by atoms with van der Waals surface area (Å²) in [7, 11) is 0. The van der Waals surface area contributed by atoms with E-state index in [4.69, 9.17) is 5.73 Å². The maximum absolute atomic E-state index is 11.9. The van der Waals surface area contributed by atoms with E-state index in [2.05, 4.69) is 36.5 Å². The lowest BCUT2D eigenvalue weighted by Gasteiger charge is -2.07. The molecule has 0 saturated carbocycles. The minimum absolute atomic E-state index is 0.158. The van der Waals surface area contributed by atoms with Gasteiger partial charge in [0.25, 0.3) is 5.91 Å². The summed E-state index contributed by atoms with van der Waals surface area (Å²) in [5.41, 5.74) is 5.65. The van der Waals surface area contributed by atoms with E-state index < -0.39 is 4.92 Å². The molecule has 0 saturated heterocycles. The first-order chi connectivity index (χ1) is 11.0. The summed E-state index contributed by atoms with van der Waals surface area (Å²) >= 11 is 3.30. The summed E-state index contributed by atoms with van der Waals surface area (Å²) in [4.78, 5) is 29.4. The Morgan fingerprint density at radius 3 is 2.61 bits per heavy atom. The molecule has 1 aromatic carbocycles. The first kappa shape index (κ1) is 16.6. The molecule has 1 heterocycles. The smallest absolute Gasteiger partial charge is 0.329 e. The lowest BCUT2D eigenvalue weighted by Crippen LogP contribution is -2.29. The third kappa shape index (κ3) is 4.61. The molecule has 0 unspecified atom stereocenters. The minimum atomic E-state index is -0.655. The Bertz CT molecular complexity index is 722. The highest BCUT2D eigenvalue weighted by Crippen LogP contribution is 2.17. The number of rotatable bonds is 6. The van der Waals surface area contributed by atoms with Crippen molar-refractivity contribution in [1.82, 2.24) is 15.3 Å². The molecule has 0 fully saturated rings. The number of halogens is 1. The van der Waals surface area contributed by atoms with Gasteiger partial charge in [0.1, 0.15) is 6.20 Å². The van der Waals surface area contributed by atoms with E-state index in [0.29, 0.717) is 18.7 Å². The quantitative estimate of drug-likeness (QED) is 0.393. The fraction of sp³-hybridized carbons (Fsp3) is 0.154. The fourth-order valence-electron chi connectivity index (χ4n) is 1.67. The molecule has 0 aliphatic carbocycles. The Labute approximate surface area is 139 Å². The molecule has 0 bridgehead atoms. The highest BCUT2D eigenvalue weighted by Gasteiger charge is 2.13. The number of carbonyl (C=O) groups excluding carboxylic acids is 1. The van der Waals surface area contributed by atoms with Gasteiger partial charge in [-0.05, 0) is 24.3 Å². The van der Waals surface area contributed by atoms with Gasteiger partial charge >= 0.3 is 5.69 Å². The van der Waals surface area contributed by atoms with E-state index in [-0.39, 0.29) is 23.4 Å². The zero-order valence-electron chi connectivity index (χ0n) is 11.8. The third-order valence-corrected chi connectivity index (χ3v) is 3.32. The van der Waals surface area contributed by atoms with E-state index in [1.54, 1.807) is 24.3 Å². The van der Waals surface area contributed by atoms with Crippen LogP contribution >= 0.6 is 15.9 Å². The average molecular weight is 381 g/mol. The molecule has 1 amide bonds. The van der Waals surface area contributed by atoms with Crippen molar-refractivity contribution in [2.24, 2.45) is 0 Å². The van der Waals surface area contributed by atoms with Crippen LogP contribution in [0.4, 0.5) is 17.5 Å². The fourth-order valence-corrected chi connectivity index (χ4v) is 1.93. The molecule has 120 valence electrons. The third-order valence-electron chi connectivity index (χ3n) is 2.79. The van der Waals surface area contributed by atoms with Crippen molar-refractivity contribution in [2.75, 3.05) is 24.1 Å². The number of hydrogen-bond acceptors (Lipinski definition) is 7. The van der Waals surface area contributed by atoms with Gasteiger partial charge in [0.2, 0.25) is 11.8 Å². The van der Waals surface area contributed by atoms with Gasteiger partial charge in [0.15, 0.2) is 0 Å². The molecule has 2 rings (SSSR count). The first-order valence-corrected chi connectivity index (χ1v) is 7.31. The normalized spacial score (nSPS) is 10.1. The molecular weight excluding hydrogens is 368 g/mol. The number of nitrogens with two attached hydrogens (primary N) is 1. The van der Waals surface area contributed by atoms with Crippen molar-refractivity contribution in [3.05, 3.63) is 50.6 Å². The zero-order chi connectivity index (χ0) is 16.8.